The number of aryl methyl sites for hydroxylation is 1. The number of hydrogen-bond donors (Lipinski definition) is 1. The Morgan fingerprint density at radius 2 is 1.86 bits per heavy atom. The third kappa shape index (κ3) is 2.61. The van der Waals surface area contributed by atoms with Crippen LogP contribution in [-0.2, 0) is 5.60 Å². The molecule has 3 nitrogen and oxygen atoms in total. The third-order valence-electron chi connectivity index (χ3n) is 3.68. The number of halogens is 1. The first-order valence-electron chi connectivity index (χ1n) is 6.83. The average molecular weight is 345 g/mol. The lowest BCUT2D eigenvalue weighted by Gasteiger charge is -2.17. The molecule has 3 aromatic rings. The van der Waals surface area contributed by atoms with Crippen molar-refractivity contribution in [3.63, 3.8) is 0 Å². The maximum atomic E-state index is 10.0. The van der Waals surface area contributed by atoms with Crippen LogP contribution in [0, 0.1) is 6.92 Å². The van der Waals surface area contributed by atoms with Crippen molar-refractivity contribution in [2.45, 2.75) is 26.4 Å². The summed E-state index contributed by atoms with van der Waals surface area (Å²) in [4.78, 5) is 4.46. The maximum Gasteiger partial charge on any atom is 0.137 e. The summed E-state index contributed by atoms with van der Waals surface area (Å²) in [6.45, 7) is 5.63. The van der Waals surface area contributed by atoms with Crippen LogP contribution in [0.2, 0.25) is 0 Å². The number of hydrogen-bond acceptors (Lipinski definition) is 2. The zero-order valence-corrected chi connectivity index (χ0v) is 13.8. The third-order valence-corrected chi connectivity index (χ3v) is 4.51. The number of fused-ring (bicyclic) bond motifs is 1. The number of aromatic nitrogens is 2. The highest BCUT2D eigenvalue weighted by atomic mass is 79.9. The molecule has 1 aromatic carbocycles. The van der Waals surface area contributed by atoms with Gasteiger partial charge in [-0.1, -0.05) is 24.3 Å². The van der Waals surface area contributed by atoms with Crippen LogP contribution in [0.5, 0.6) is 0 Å². The van der Waals surface area contributed by atoms with Crippen molar-refractivity contribution in [1.29, 1.82) is 0 Å². The van der Waals surface area contributed by atoms with Gasteiger partial charge in [0.25, 0.3) is 0 Å². The molecule has 4 heteroatoms. The molecule has 0 aliphatic heterocycles. The highest BCUT2D eigenvalue weighted by Crippen LogP contribution is 2.27. The van der Waals surface area contributed by atoms with Gasteiger partial charge in [0.05, 0.1) is 17.5 Å². The summed E-state index contributed by atoms with van der Waals surface area (Å²) in [6.07, 6.45) is 3.91. The van der Waals surface area contributed by atoms with E-state index in [0.717, 1.165) is 32.5 Å². The van der Waals surface area contributed by atoms with Gasteiger partial charge in [-0.3, -0.25) is 4.40 Å². The van der Waals surface area contributed by atoms with Gasteiger partial charge in [-0.15, -0.1) is 0 Å². The molecule has 108 valence electrons. The average Bonchev–Trinajstić information content (AvgIpc) is 2.81. The predicted molar refractivity (Wildman–Crippen MR) is 88.3 cm³/mol. The molecule has 0 atom stereocenters. The van der Waals surface area contributed by atoms with Crippen LogP contribution < -0.4 is 0 Å². The monoisotopic (exact) mass is 344 g/mol. The van der Waals surface area contributed by atoms with Crippen LogP contribution in [0.15, 0.2) is 47.2 Å². The number of imidazole rings is 1. The van der Waals surface area contributed by atoms with Crippen molar-refractivity contribution in [2.75, 3.05) is 0 Å². The van der Waals surface area contributed by atoms with Gasteiger partial charge < -0.3 is 5.11 Å². The summed E-state index contributed by atoms with van der Waals surface area (Å²) in [5, 5.41) is 10.0. The van der Waals surface area contributed by atoms with Gasteiger partial charge in [-0.25, -0.2) is 4.98 Å². The van der Waals surface area contributed by atoms with E-state index in [0.29, 0.717) is 0 Å². The molecule has 0 aliphatic rings. The largest absolute Gasteiger partial charge is 0.386 e. The van der Waals surface area contributed by atoms with Gasteiger partial charge in [0.15, 0.2) is 0 Å². The summed E-state index contributed by atoms with van der Waals surface area (Å²) < 4.78 is 3.12. The van der Waals surface area contributed by atoms with Gasteiger partial charge >= 0.3 is 0 Å². The summed E-state index contributed by atoms with van der Waals surface area (Å²) in [6, 6.07) is 10.0. The Morgan fingerprint density at radius 3 is 2.48 bits per heavy atom. The van der Waals surface area contributed by atoms with Crippen molar-refractivity contribution in [1.82, 2.24) is 9.38 Å². The Labute approximate surface area is 132 Å². The molecule has 0 unspecified atom stereocenters. The number of rotatable bonds is 2. The van der Waals surface area contributed by atoms with E-state index in [4.69, 9.17) is 0 Å². The van der Waals surface area contributed by atoms with Gasteiger partial charge in [0, 0.05) is 16.2 Å². The predicted octanol–water partition coefficient (Wildman–Crippen LogP) is 4.30. The number of aliphatic hydroxyl groups is 1. The van der Waals surface area contributed by atoms with E-state index in [1.807, 2.05) is 36.7 Å². The first-order valence-corrected chi connectivity index (χ1v) is 7.62. The molecular weight excluding hydrogens is 328 g/mol. The van der Waals surface area contributed by atoms with Crippen molar-refractivity contribution in [3.8, 4) is 11.3 Å². The fourth-order valence-electron chi connectivity index (χ4n) is 2.36. The number of nitrogens with zero attached hydrogens (tertiary/aromatic N) is 2. The first-order chi connectivity index (χ1) is 9.86. The minimum Gasteiger partial charge on any atom is -0.386 e. The molecule has 0 spiro atoms. The quantitative estimate of drug-likeness (QED) is 0.752. The molecule has 2 aromatic heterocycles. The second-order valence-corrected chi connectivity index (χ2v) is 6.67. The smallest absolute Gasteiger partial charge is 0.137 e. The van der Waals surface area contributed by atoms with Crippen LogP contribution in [0.1, 0.15) is 25.0 Å². The summed E-state index contributed by atoms with van der Waals surface area (Å²) in [5.41, 5.74) is 4.28. The Hall–Kier alpha value is -1.65. The molecule has 0 amide bonds. The molecule has 0 saturated carbocycles. The van der Waals surface area contributed by atoms with Gasteiger partial charge in [0.2, 0.25) is 0 Å². The molecule has 0 aliphatic carbocycles. The van der Waals surface area contributed by atoms with E-state index >= 15 is 0 Å². The molecule has 0 fully saturated rings. The first kappa shape index (κ1) is 14.3. The minimum atomic E-state index is -0.821. The van der Waals surface area contributed by atoms with E-state index in [9.17, 15) is 5.11 Å². The Morgan fingerprint density at radius 1 is 1.19 bits per heavy atom. The molecule has 2 heterocycles. The second-order valence-electron chi connectivity index (χ2n) is 5.81. The highest BCUT2D eigenvalue weighted by Gasteiger charge is 2.16. The lowest BCUT2D eigenvalue weighted by atomic mass is 9.97. The summed E-state index contributed by atoms with van der Waals surface area (Å²) in [5.74, 6) is 0. The number of pyridine rings is 1. The van der Waals surface area contributed by atoms with E-state index in [2.05, 4.69) is 38.3 Å². The molecule has 21 heavy (non-hydrogen) atoms. The van der Waals surface area contributed by atoms with Crippen molar-refractivity contribution >= 4 is 21.6 Å². The molecule has 0 bridgehead atoms. The highest BCUT2D eigenvalue weighted by molar-refractivity contribution is 9.10. The van der Waals surface area contributed by atoms with Gasteiger partial charge in [-0.05, 0) is 53.9 Å². The molecule has 0 radical (unpaired) electrons. The van der Waals surface area contributed by atoms with Gasteiger partial charge in [-0.2, -0.15) is 0 Å². The standard InChI is InChI=1S/C17H17BrN2O/c1-11-8-16-19-9-15(20(16)10-14(11)18)12-4-6-13(7-5-12)17(2,3)21/h4-10,21H,1-3H3. The number of benzene rings is 1. The fraction of sp³-hybridized carbons (Fsp3) is 0.235. The lowest BCUT2D eigenvalue weighted by Crippen LogP contribution is -2.14. The molecule has 1 N–H and O–H groups in total. The molecular formula is C17H17BrN2O. The minimum absolute atomic E-state index is 0.821. The normalized spacial score (nSPS) is 12.0. The maximum absolute atomic E-state index is 10.0. The Kier molecular flexibility index (Phi) is 3.38. The van der Waals surface area contributed by atoms with Crippen molar-refractivity contribution < 1.29 is 5.11 Å². The lowest BCUT2D eigenvalue weighted by molar-refractivity contribution is 0.0786. The van der Waals surface area contributed by atoms with Crippen LogP contribution in [0.4, 0.5) is 0 Å². The Balaban J connectivity index is 2.10. The van der Waals surface area contributed by atoms with Crippen LogP contribution in [0.25, 0.3) is 16.9 Å². The molecule has 0 saturated heterocycles. The zero-order chi connectivity index (χ0) is 15.2. The van der Waals surface area contributed by atoms with Gasteiger partial charge in [0.1, 0.15) is 5.65 Å². The van der Waals surface area contributed by atoms with Crippen molar-refractivity contribution in [3.05, 3.63) is 58.3 Å². The SMILES string of the molecule is Cc1cc2ncc(-c3ccc(C(C)(C)O)cc3)n2cc1Br. The van der Waals surface area contributed by atoms with E-state index in [-0.39, 0.29) is 0 Å². The summed E-state index contributed by atoms with van der Waals surface area (Å²) >= 11 is 3.56. The second kappa shape index (κ2) is 4.97. The Bertz CT molecular complexity index is 798. The van der Waals surface area contributed by atoms with Crippen LogP contribution >= 0.6 is 15.9 Å². The van der Waals surface area contributed by atoms with Crippen LogP contribution in [0.3, 0.4) is 0 Å². The molecule has 3 rings (SSSR count). The van der Waals surface area contributed by atoms with Crippen LogP contribution in [-0.4, -0.2) is 14.5 Å². The van der Waals surface area contributed by atoms with Crippen molar-refractivity contribution in [2.24, 2.45) is 0 Å². The zero-order valence-electron chi connectivity index (χ0n) is 12.3. The fourth-order valence-corrected chi connectivity index (χ4v) is 2.68. The summed E-state index contributed by atoms with van der Waals surface area (Å²) in [7, 11) is 0. The van der Waals surface area contributed by atoms with E-state index < -0.39 is 5.60 Å². The topological polar surface area (TPSA) is 37.5 Å². The van der Waals surface area contributed by atoms with E-state index in [1.165, 1.54) is 0 Å². The van der Waals surface area contributed by atoms with E-state index in [1.54, 1.807) is 13.8 Å².